The van der Waals surface area contributed by atoms with Crippen molar-refractivity contribution >= 4 is 22.6 Å². The lowest BCUT2D eigenvalue weighted by Crippen LogP contribution is -2.85. The molecule has 0 unspecified atom stereocenters. The Kier molecular flexibility index (Phi) is 5.71. The number of benzene rings is 1. The SMILES string of the molecule is C=CC[NH2+]CCOc1ccc(I)c(C)c1. The Morgan fingerprint density at radius 1 is 1.53 bits per heavy atom. The first kappa shape index (κ1) is 12.5. The number of hydrogen-bond donors (Lipinski definition) is 1. The minimum Gasteiger partial charge on any atom is -0.488 e. The minimum absolute atomic E-state index is 0.744. The highest BCUT2D eigenvalue weighted by Gasteiger charge is 1.98. The van der Waals surface area contributed by atoms with E-state index >= 15 is 0 Å². The average Bonchev–Trinajstić information content (AvgIpc) is 2.23. The van der Waals surface area contributed by atoms with Crippen molar-refractivity contribution in [2.45, 2.75) is 6.92 Å². The first-order valence-electron chi connectivity index (χ1n) is 5.05. The molecule has 3 heteroatoms. The second-order valence-corrected chi connectivity index (χ2v) is 4.52. The largest absolute Gasteiger partial charge is 0.488 e. The maximum atomic E-state index is 5.62. The highest BCUT2D eigenvalue weighted by molar-refractivity contribution is 14.1. The fourth-order valence-electron chi connectivity index (χ4n) is 1.20. The summed E-state index contributed by atoms with van der Waals surface area (Å²) in [5.74, 6) is 0.958. The van der Waals surface area contributed by atoms with Crippen molar-refractivity contribution in [1.82, 2.24) is 0 Å². The number of hydrogen-bond acceptors (Lipinski definition) is 1. The Hall–Kier alpha value is -0.550. The van der Waals surface area contributed by atoms with Gasteiger partial charge in [0.15, 0.2) is 0 Å². The van der Waals surface area contributed by atoms with E-state index in [0.29, 0.717) is 0 Å². The zero-order valence-electron chi connectivity index (χ0n) is 9.00. The van der Waals surface area contributed by atoms with Crippen molar-refractivity contribution in [3.63, 3.8) is 0 Å². The summed E-state index contributed by atoms with van der Waals surface area (Å²) < 4.78 is 6.90. The van der Waals surface area contributed by atoms with E-state index in [1.807, 2.05) is 12.1 Å². The third-order valence-electron chi connectivity index (χ3n) is 2.05. The second-order valence-electron chi connectivity index (χ2n) is 3.36. The molecule has 0 aliphatic heterocycles. The van der Waals surface area contributed by atoms with Crippen LogP contribution in [0.25, 0.3) is 0 Å². The van der Waals surface area contributed by atoms with Gasteiger partial charge in [-0.3, -0.25) is 0 Å². The summed E-state index contributed by atoms with van der Waals surface area (Å²) in [6.45, 7) is 8.43. The lowest BCUT2D eigenvalue weighted by Gasteiger charge is -2.06. The van der Waals surface area contributed by atoms with Gasteiger partial charge in [-0.15, -0.1) is 0 Å². The molecule has 0 amide bonds. The van der Waals surface area contributed by atoms with E-state index < -0.39 is 0 Å². The van der Waals surface area contributed by atoms with Gasteiger partial charge in [0, 0.05) is 3.57 Å². The summed E-state index contributed by atoms with van der Waals surface area (Å²) in [7, 11) is 0. The van der Waals surface area contributed by atoms with E-state index in [1.165, 1.54) is 9.13 Å². The lowest BCUT2D eigenvalue weighted by atomic mass is 10.2. The molecule has 0 radical (unpaired) electrons. The number of nitrogens with two attached hydrogens (primary N) is 1. The molecule has 15 heavy (non-hydrogen) atoms. The third-order valence-corrected chi connectivity index (χ3v) is 3.26. The maximum Gasteiger partial charge on any atom is 0.137 e. The van der Waals surface area contributed by atoms with Gasteiger partial charge in [-0.05, 0) is 59.4 Å². The molecule has 0 saturated carbocycles. The molecule has 0 aromatic heterocycles. The Morgan fingerprint density at radius 2 is 2.33 bits per heavy atom. The van der Waals surface area contributed by atoms with Gasteiger partial charge in [-0.1, -0.05) is 6.58 Å². The van der Waals surface area contributed by atoms with Crippen LogP contribution in [0.3, 0.4) is 0 Å². The number of quaternary nitrogens is 1. The van der Waals surface area contributed by atoms with Crippen molar-refractivity contribution < 1.29 is 10.1 Å². The lowest BCUT2D eigenvalue weighted by molar-refractivity contribution is -0.646. The first-order valence-corrected chi connectivity index (χ1v) is 6.13. The summed E-state index contributed by atoms with van der Waals surface area (Å²) in [5, 5.41) is 2.17. The van der Waals surface area contributed by atoms with Crippen molar-refractivity contribution in [1.29, 1.82) is 0 Å². The summed E-state index contributed by atoms with van der Waals surface area (Å²) >= 11 is 2.32. The molecule has 1 aromatic rings. The Bertz CT molecular complexity index is 325. The molecular formula is C12H17INO+. The van der Waals surface area contributed by atoms with Crippen LogP contribution in [-0.4, -0.2) is 19.7 Å². The van der Waals surface area contributed by atoms with Crippen molar-refractivity contribution in [3.8, 4) is 5.75 Å². The molecular weight excluding hydrogens is 301 g/mol. The normalized spacial score (nSPS) is 10.0. The van der Waals surface area contributed by atoms with Gasteiger partial charge in [-0.25, -0.2) is 0 Å². The van der Waals surface area contributed by atoms with E-state index in [9.17, 15) is 0 Å². The predicted octanol–water partition coefficient (Wildman–Crippen LogP) is 1.73. The minimum atomic E-state index is 0.744. The molecule has 0 aliphatic carbocycles. The zero-order valence-corrected chi connectivity index (χ0v) is 11.2. The predicted molar refractivity (Wildman–Crippen MR) is 71.2 cm³/mol. The molecule has 0 bridgehead atoms. The van der Waals surface area contributed by atoms with Crippen LogP contribution in [-0.2, 0) is 0 Å². The highest BCUT2D eigenvalue weighted by Crippen LogP contribution is 2.18. The molecule has 82 valence electrons. The van der Waals surface area contributed by atoms with Gasteiger partial charge in [0.05, 0.1) is 6.54 Å². The van der Waals surface area contributed by atoms with Gasteiger partial charge >= 0.3 is 0 Å². The number of ether oxygens (including phenoxy) is 1. The third kappa shape index (κ3) is 4.66. The van der Waals surface area contributed by atoms with Gasteiger partial charge in [0.2, 0.25) is 0 Å². The Morgan fingerprint density at radius 3 is 3.00 bits per heavy atom. The second kappa shape index (κ2) is 6.85. The van der Waals surface area contributed by atoms with E-state index in [2.05, 4.69) is 53.5 Å². The summed E-state index contributed by atoms with van der Waals surface area (Å²) in [6, 6.07) is 6.18. The van der Waals surface area contributed by atoms with Crippen LogP contribution in [0.1, 0.15) is 5.56 Å². The molecule has 1 aromatic carbocycles. The maximum absolute atomic E-state index is 5.62. The van der Waals surface area contributed by atoms with Crippen molar-refractivity contribution in [2.24, 2.45) is 0 Å². The van der Waals surface area contributed by atoms with E-state index in [1.54, 1.807) is 0 Å². The Balaban J connectivity index is 2.31. The highest BCUT2D eigenvalue weighted by atomic mass is 127. The Labute approximate surface area is 105 Å². The molecule has 2 N–H and O–H groups in total. The smallest absolute Gasteiger partial charge is 0.137 e. The van der Waals surface area contributed by atoms with E-state index in [0.717, 1.165) is 25.4 Å². The summed E-state index contributed by atoms with van der Waals surface area (Å²) in [4.78, 5) is 0. The number of rotatable bonds is 6. The molecule has 2 nitrogen and oxygen atoms in total. The molecule has 1 rings (SSSR count). The van der Waals surface area contributed by atoms with Crippen LogP contribution in [0.15, 0.2) is 30.9 Å². The van der Waals surface area contributed by atoms with Crippen LogP contribution in [0.2, 0.25) is 0 Å². The topological polar surface area (TPSA) is 25.8 Å². The van der Waals surface area contributed by atoms with Crippen LogP contribution >= 0.6 is 22.6 Å². The van der Waals surface area contributed by atoms with Crippen molar-refractivity contribution in [3.05, 3.63) is 40.0 Å². The monoisotopic (exact) mass is 318 g/mol. The molecule has 0 fully saturated rings. The summed E-state index contributed by atoms with van der Waals surface area (Å²) in [5.41, 5.74) is 1.27. The first-order chi connectivity index (χ1) is 7.24. The average molecular weight is 318 g/mol. The fourth-order valence-corrected chi connectivity index (χ4v) is 1.54. The summed E-state index contributed by atoms with van der Waals surface area (Å²) in [6.07, 6.45) is 1.90. The van der Waals surface area contributed by atoms with Crippen LogP contribution in [0.4, 0.5) is 0 Å². The van der Waals surface area contributed by atoms with Gasteiger partial charge in [-0.2, -0.15) is 0 Å². The van der Waals surface area contributed by atoms with E-state index in [4.69, 9.17) is 4.74 Å². The van der Waals surface area contributed by atoms with Gasteiger partial charge < -0.3 is 10.1 Å². The van der Waals surface area contributed by atoms with Gasteiger partial charge in [0.25, 0.3) is 0 Å². The quantitative estimate of drug-likeness (QED) is 0.482. The standard InChI is InChI=1S/C12H16INO/c1-3-6-14-7-8-15-11-4-5-12(13)10(2)9-11/h3-5,9,14H,1,6-8H2,2H3/p+1. The molecule has 0 atom stereocenters. The number of aryl methyl sites for hydroxylation is 1. The van der Waals surface area contributed by atoms with Crippen molar-refractivity contribution in [2.75, 3.05) is 19.7 Å². The zero-order chi connectivity index (χ0) is 11.1. The van der Waals surface area contributed by atoms with Crippen LogP contribution < -0.4 is 10.1 Å². The molecule has 0 spiro atoms. The van der Waals surface area contributed by atoms with E-state index in [-0.39, 0.29) is 0 Å². The van der Waals surface area contributed by atoms with Gasteiger partial charge in [0.1, 0.15) is 18.9 Å². The van der Waals surface area contributed by atoms with Crippen LogP contribution in [0.5, 0.6) is 5.75 Å². The molecule has 0 heterocycles. The van der Waals surface area contributed by atoms with Crippen LogP contribution in [0, 0.1) is 10.5 Å². The fraction of sp³-hybridized carbons (Fsp3) is 0.333. The number of halogens is 1. The molecule has 0 saturated heterocycles. The molecule has 0 aliphatic rings.